The van der Waals surface area contributed by atoms with Crippen LogP contribution in [0.1, 0.15) is 75.2 Å². The van der Waals surface area contributed by atoms with Gasteiger partial charge in [-0.25, -0.2) is 9.59 Å². The Morgan fingerprint density at radius 3 is 1.77 bits per heavy atom. The molecule has 0 heterocycles. The molecule has 0 aliphatic rings. The van der Waals surface area contributed by atoms with E-state index in [1.807, 2.05) is 58.9 Å². The highest BCUT2D eigenvalue weighted by atomic mass is 32.2. The van der Waals surface area contributed by atoms with Crippen LogP contribution in [-0.4, -0.2) is 42.7 Å². The van der Waals surface area contributed by atoms with E-state index in [9.17, 15) is 22.6 Å². The maximum atomic E-state index is 13.3. The second-order valence-electron chi connectivity index (χ2n) is 11.2. The van der Waals surface area contributed by atoms with Gasteiger partial charge in [-0.05, 0) is 89.4 Å². The fraction of sp³-hybridized carbons (Fsp3) is 0.355. The fourth-order valence-electron chi connectivity index (χ4n) is 4.12. The normalized spacial score (nSPS) is 12.6. The van der Waals surface area contributed by atoms with Gasteiger partial charge >= 0.3 is 11.9 Å². The lowest BCUT2D eigenvalue weighted by Crippen LogP contribution is -2.39. The number of hydrogen-bond donors (Lipinski definition) is 2. The van der Waals surface area contributed by atoms with Gasteiger partial charge in [-0.3, -0.25) is 4.55 Å². The van der Waals surface area contributed by atoms with Gasteiger partial charge in [0.05, 0.1) is 16.9 Å². The Bertz CT molecular complexity index is 1520. The Labute approximate surface area is 236 Å². The van der Waals surface area contributed by atoms with Crippen molar-refractivity contribution >= 4 is 22.1 Å². The quantitative estimate of drug-likeness (QED) is 0.192. The molecule has 1 atom stereocenters. The summed E-state index contributed by atoms with van der Waals surface area (Å²) in [4.78, 5) is 26.4. The highest BCUT2D eigenvalue weighted by Gasteiger charge is 2.25. The zero-order valence-corrected chi connectivity index (χ0v) is 24.8. The first-order valence-electron chi connectivity index (χ1n) is 13.0. The first-order chi connectivity index (χ1) is 18.5. The average Bonchev–Trinajstić information content (AvgIpc) is 2.84. The van der Waals surface area contributed by atoms with Gasteiger partial charge in [0.1, 0.15) is 0 Å². The standard InChI is InChI=1S/C31H37NO7S/c1-19-8-10-21(3)25(14-19)29(33)38-27-13-12-23(24(18-40(35,36)37)17-32-31(5,6)7)16-28(27)39-30(34)26-15-20(2)9-11-22(26)4/h8-16,24,32H,17-18H2,1-7H3,(H,35,36,37). The summed E-state index contributed by atoms with van der Waals surface area (Å²) in [5, 5.41) is 3.25. The van der Waals surface area contributed by atoms with E-state index in [0.29, 0.717) is 22.3 Å². The van der Waals surface area contributed by atoms with Crippen molar-refractivity contribution < 1.29 is 32.0 Å². The first-order valence-corrected chi connectivity index (χ1v) is 14.6. The van der Waals surface area contributed by atoms with Gasteiger partial charge < -0.3 is 14.8 Å². The summed E-state index contributed by atoms with van der Waals surface area (Å²) in [6.07, 6.45) is 0. The summed E-state index contributed by atoms with van der Waals surface area (Å²) < 4.78 is 44.8. The number of benzene rings is 3. The van der Waals surface area contributed by atoms with Crippen LogP contribution in [0.5, 0.6) is 11.5 Å². The van der Waals surface area contributed by atoms with Crippen LogP contribution in [0.4, 0.5) is 0 Å². The van der Waals surface area contributed by atoms with Crippen molar-refractivity contribution in [2.75, 3.05) is 12.3 Å². The van der Waals surface area contributed by atoms with Crippen molar-refractivity contribution in [2.45, 2.75) is 59.9 Å². The molecule has 1 unspecified atom stereocenters. The number of carbonyl (C=O) groups excluding carboxylic acids is 2. The van der Waals surface area contributed by atoms with Crippen LogP contribution in [0.15, 0.2) is 54.6 Å². The molecule has 0 saturated carbocycles. The molecule has 0 bridgehead atoms. The monoisotopic (exact) mass is 567 g/mol. The van der Waals surface area contributed by atoms with E-state index in [0.717, 1.165) is 16.7 Å². The Hall–Kier alpha value is -3.53. The molecule has 214 valence electrons. The number of nitrogens with one attached hydrogen (secondary N) is 1. The lowest BCUT2D eigenvalue weighted by atomic mass is 9.98. The summed E-state index contributed by atoms with van der Waals surface area (Å²) >= 11 is 0. The molecular weight excluding hydrogens is 530 g/mol. The summed E-state index contributed by atoms with van der Waals surface area (Å²) in [6, 6.07) is 15.4. The van der Waals surface area contributed by atoms with Crippen molar-refractivity contribution in [3.63, 3.8) is 0 Å². The first kappa shape index (κ1) is 31.0. The molecular formula is C31H37NO7S. The van der Waals surface area contributed by atoms with Gasteiger partial charge in [0.2, 0.25) is 0 Å². The van der Waals surface area contributed by atoms with Crippen LogP contribution in [0, 0.1) is 27.7 Å². The third-order valence-corrected chi connectivity index (χ3v) is 7.18. The molecule has 3 aromatic carbocycles. The second kappa shape index (κ2) is 12.3. The van der Waals surface area contributed by atoms with E-state index >= 15 is 0 Å². The lowest BCUT2D eigenvalue weighted by molar-refractivity contribution is 0.0681. The summed E-state index contributed by atoms with van der Waals surface area (Å²) in [7, 11) is -4.34. The van der Waals surface area contributed by atoms with E-state index in [1.54, 1.807) is 32.0 Å². The predicted molar refractivity (Wildman–Crippen MR) is 155 cm³/mol. The molecule has 0 aliphatic carbocycles. The Morgan fingerprint density at radius 2 is 1.30 bits per heavy atom. The summed E-state index contributed by atoms with van der Waals surface area (Å²) in [5.41, 5.74) is 4.06. The highest BCUT2D eigenvalue weighted by molar-refractivity contribution is 7.85. The number of carbonyl (C=O) groups is 2. The van der Waals surface area contributed by atoms with E-state index in [1.165, 1.54) is 12.1 Å². The smallest absolute Gasteiger partial charge is 0.343 e. The van der Waals surface area contributed by atoms with E-state index in [2.05, 4.69) is 5.32 Å². The zero-order valence-electron chi connectivity index (χ0n) is 24.0. The molecule has 3 rings (SSSR count). The number of ether oxygens (including phenoxy) is 2. The minimum atomic E-state index is -4.34. The molecule has 40 heavy (non-hydrogen) atoms. The largest absolute Gasteiger partial charge is 0.419 e. The molecule has 0 aliphatic heterocycles. The highest BCUT2D eigenvalue weighted by Crippen LogP contribution is 2.34. The van der Waals surface area contributed by atoms with Crippen molar-refractivity contribution in [3.8, 4) is 11.5 Å². The van der Waals surface area contributed by atoms with Gasteiger partial charge in [0.25, 0.3) is 10.1 Å². The zero-order chi connectivity index (χ0) is 29.8. The Morgan fingerprint density at radius 1 is 0.800 bits per heavy atom. The van der Waals surface area contributed by atoms with Crippen LogP contribution in [0.2, 0.25) is 0 Å². The SMILES string of the molecule is Cc1ccc(C)c(C(=O)Oc2ccc(C(CNC(C)(C)C)CS(=O)(=O)O)cc2OC(=O)c2cc(C)ccc2C)c1. The van der Waals surface area contributed by atoms with Crippen LogP contribution in [-0.2, 0) is 10.1 Å². The van der Waals surface area contributed by atoms with Gasteiger partial charge in [0, 0.05) is 18.0 Å². The van der Waals surface area contributed by atoms with Gasteiger partial charge in [-0.15, -0.1) is 0 Å². The molecule has 0 aromatic heterocycles. The molecule has 0 saturated heterocycles. The predicted octanol–water partition coefficient (Wildman–Crippen LogP) is 5.72. The second-order valence-corrected chi connectivity index (χ2v) is 12.7. The molecule has 2 N–H and O–H groups in total. The number of rotatable bonds is 9. The topological polar surface area (TPSA) is 119 Å². The van der Waals surface area contributed by atoms with Gasteiger partial charge in [-0.2, -0.15) is 8.42 Å². The maximum Gasteiger partial charge on any atom is 0.343 e. The fourth-order valence-corrected chi connectivity index (χ4v) is 4.94. The third-order valence-electron chi connectivity index (χ3n) is 6.36. The molecule has 8 nitrogen and oxygen atoms in total. The lowest BCUT2D eigenvalue weighted by Gasteiger charge is -2.25. The van der Waals surface area contributed by atoms with Crippen molar-refractivity contribution in [1.29, 1.82) is 0 Å². The number of hydrogen-bond acceptors (Lipinski definition) is 7. The molecule has 9 heteroatoms. The molecule has 3 aromatic rings. The minimum absolute atomic E-state index is 0.00250. The minimum Gasteiger partial charge on any atom is -0.419 e. The number of esters is 2. The van der Waals surface area contributed by atoms with Crippen molar-refractivity contribution in [2.24, 2.45) is 0 Å². The number of aryl methyl sites for hydroxylation is 4. The Kier molecular flexibility index (Phi) is 9.56. The summed E-state index contributed by atoms with van der Waals surface area (Å²) in [5.74, 6) is -2.55. The van der Waals surface area contributed by atoms with Crippen molar-refractivity contribution in [3.05, 3.63) is 93.5 Å². The van der Waals surface area contributed by atoms with Crippen molar-refractivity contribution in [1.82, 2.24) is 5.32 Å². The summed E-state index contributed by atoms with van der Waals surface area (Å²) in [6.45, 7) is 13.3. The van der Waals surface area contributed by atoms with E-state index < -0.39 is 33.7 Å². The van der Waals surface area contributed by atoms with Crippen LogP contribution in [0.25, 0.3) is 0 Å². The van der Waals surface area contributed by atoms with E-state index in [4.69, 9.17) is 9.47 Å². The molecule has 0 amide bonds. The molecule has 0 spiro atoms. The van der Waals surface area contributed by atoms with Gasteiger partial charge in [0.15, 0.2) is 11.5 Å². The Balaban J connectivity index is 2.06. The third kappa shape index (κ3) is 8.74. The average molecular weight is 568 g/mol. The maximum absolute atomic E-state index is 13.3. The van der Waals surface area contributed by atoms with Crippen LogP contribution >= 0.6 is 0 Å². The van der Waals surface area contributed by atoms with Crippen LogP contribution < -0.4 is 14.8 Å². The molecule has 0 radical (unpaired) electrons. The van der Waals surface area contributed by atoms with E-state index in [-0.39, 0.29) is 23.6 Å². The van der Waals surface area contributed by atoms with Gasteiger partial charge in [-0.1, -0.05) is 41.5 Å². The van der Waals surface area contributed by atoms with Crippen LogP contribution in [0.3, 0.4) is 0 Å². The molecule has 0 fully saturated rings.